The summed E-state index contributed by atoms with van der Waals surface area (Å²) in [5, 5.41) is 21.6. The lowest BCUT2D eigenvalue weighted by Gasteiger charge is -2.27. The van der Waals surface area contributed by atoms with Crippen LogP contribution in [0, 0.1) is 0 Å². The van der Waals surface area contributed by atoms with E-state index in [-0.39, 0.29) is 29.0 Å². The lowest BCUT2D eigenvalue weighted by atomic mass is 9.81. The van der Waals surface area contributed by atoms with E-state index < -0.39 is 35.4 Å². The summed E-state index contributed by atoms with van der Waals surface area (Å²) in [4.78, 5) is 29.4. The molecule has 10 heteroatoms. The third-order valence-corrected chi connectivity index (χ3v) is 6.77. The molecule has 0 unspecified atom stereocenters. The first-order valence-electron chi connectivity index (χ1n) is 13.0. The molecule has 0 aliphatic heterocycles. The van der Waals surface area contributed by atoms with Crippen LogP contribution in [0.2, 0.25) is 0 Å². The molecular formula is C31H32F3N3O4. The van der Waals surface area contributed by atoms with E-state index in [9.17, 15) is 33.0 Å². The zero-order chi connectivity index (χ0) is 30.3. The minimum atomic E-state index is -5.21. The zero-order valence-corrected chi connectivity index (χ0v) is 23.5. The molecule has 0 saturated heterocycles. The molecule has 0 spiro atoms. The standard InChI is InChI=1S/C31H32F3N3O4/c1-29(2,3)21-15-20(16-22(26(21)39)30(4,5)41)25(38)18-37-24-14-10-9-13-23(24)36(17-19-11-7-6-8-12-19)28(37)35-27(40)31(32,33)34/h6-16,39,41H,17-18H2,1-5H3. The molecule has 41 heavy (non-hydrogen) atoms. The van der Waals surface area contributed by atoms with Crippen molar-refractivity contribution in [3.05, 3.63) is 94.6 Å². The number of Topliss-reactive ketones (excluding diaryl/α,β-unsaturated/α-hetero) is 1. The maximum atomic E-state index is 13.8. The molecule has 0 atom stereocenters. The Bertz CT molecular complexity index is 1650. The second kappa shape index (κ2) is 10.7. The molecular weight excluding hydrogens is 535 g/mol. The van der Waals surface area contributed by atoms with Crippen molar-refractivity contribution in [2.75, 3.05) is 0 Å². The molecule has 0 fully saturated rings. The van der Waals surface area contributed by atoms with Gasteiger partial charge in [-0.3, -0.25) is 9.59 Å². The van der Waals surface area contributed by atoms with Gasteiger partial charge in [0.2, 0.25) is 5.62 Å². The number of aromatic nitrogens is 2. The number of hydrogen-bond donors (Lipinski definition) is 2. The first-order valence-corrected chi connectivity index (χ1v) is 13.0. The number of hydrogen-bond acceptors (Lipinski definition) is 4. The number of carbonyl (C=O) groups excluding carboxylic acids is 2. The van der Waals surface area contributed by atoms with Gasteiger partial charge in [0.25, 0.3) is 0 Å². The molecule has 216 valence electrons. The maximum Gasteiger partial charge on any atom is 0.473 e. The molecule has 1 amide bonds. The Morgan fingerprint density at radius 1 is 0.829 bits per heavy atom. The number of phenolic OH excluding ortho intramolecular Hbond substituents is 1. The van der Waals surface area contributed by atoms with Crippen molar-refractivity contribution in [1.82, 2.24) is 9.13 Å². The normalized spacial score (nSPS) is 13.1. The van der Waals surface area contributed by atoms with Crippen molar-refractivity contribution >= 4 is 22.7 Å². The summed E-state index contributed by atoms with van der Waals surface area (Å²) in [6.45, 7) is 8.14. The summed E-state index contributed by atoms with van der Waals surface area (Å²) >= 11 is 0. The molecule has 1 heterocycles. The highest BCUT2D eigenvalue weighted by atomic mass is 19.4. The van der Waals surface area contributed by atoms with Crippen LogP contribution in [-0.2, 0) is 28.9 Å². The number of fused-ring (bicyclic) bond motifs is 1. The van der Waals surface area contributed by atoms with Crippen LogP contribution in [0.25, 0.3) is 11.0 Å². The topological polar surface area (TPSA) is 96.8 Å². The summed E-state index contributed by atoms with van der Waals surface area (Å²) in [7, 11) is 0. The van der Waals surface area contributed by atoms with E-state index in [1.807, 2.05) is 20.8 Å². The lowest BCUT2D eigenvalue weighted by Crippen LogP contribution is -2.33. The number of para-hydroxylation sites is 2. The van der Waals surface area contributed by atoms with Crippen molar-refractivity contribution in [2.24, 2.45) is 4.99 Å². The van der Waals surface area contributed by atoms with Crippen LogP contribution >= 0.6 is 0 Å². The number of alkyl halides is 3. The van der Waals surface area contributed by atoms with Gasteiger partial charge < -0.3 is 19.3 Å². The molecule has 4 rings (SSSR count). The van der Waals surface area contributed by atoms with Gasteiger partial charge in [-0.1, -0.05) is 63.2 Å². The number of carbonyl (C=O) groups is 2. The quantitative estimate of drug-likeness (QED) is 0.297. The van der Waals surface area contributed by atoms with Crippen LogP contribution in [0.1, 0.15) is 61.7 Å². The van der Waals surface area contributed by atoms with E-state index in [1.54, 1.807) is 54.6 Å². The fourth-order valence-electron chi connectivity index (χ4n) is 4.70. The van der Waals surface area contributed by atoms with Gasteiger partial charge in [0.15, 0.2) is 5.78 Å². The van der Waals surface area contributed by atoms with Crippen LogP contribution in [0.5, 0.6) is 5.75 Å². The zero-order valence-electron chi connectivity index (χ0n) is 23.5. The molecule has 0 saturated carbocycles. The second-order valence-corrected chi connectivity index (χ2v) is 11.5. The molecule has 1 aromatic heterocycles. The van der Waals surface area contributed by atoms with Crippen molar-refractivity contribution in [3.8, 4) is 5.75 Å². The Balaban J connectivity index is 1.95. The number of aromatic hydroxyl groups is 1. The number of halogens is 3. The second-order valence-electron chi connectivity index (χ2n) is 11.5. The number of benzene rings is 3. The molecule has 0 bridgehead atoms. The van der Waals surface area contributed by atoms with Gasteiger partial charge in [0.05, 0.1) is 29.7 Å². The summed E-state index contributed by atoms with van der Waals surface area (Å²) in [6.07, 6.45) is -5.21. The summed E-state index contributed by atoms with van der Waals surface area (Å²) < 4.78 is 42.9. The summed E-state index contributed by atoms with van der Waals surface area (Å²) in [5.41, 5.74) is -0.0628. The van der Waals surface area contributed by atoms with E-state index in [0.717, 1.165) is 5.56 Å². The van der Waals surface area contributed by atoms with E-state index in [0.29, 0.717) is 16.6 Å². The lowest BCUT2D eigenvalue weighted by molar-refractivity contribution is -0.169. The number of phenols is 1. The minimum absolute atomic E-state index is 0.0999. The number of imidazole rings is 1. The molecule has 0 radical (unpaired) electrons. The summed E-state index contributed by atoms with van der Waals surface area (Å²) in [5.74, 6) is -2.94. The highest BCUT2D eigenvalue weighted by Gasteiger charge is 2.39. The first kappa shape index (κ1) is 29.8. The fraction of sp³-hybridized carbons (Fsp3) is 0.323. The monoisotopic (exact) mass is 567 g/mol. The maximum absolute atomic E-state index is 13.8. The van der Waals surface area contributed by atoms with Gasteiger partial charge in [-0.2, -0.15) is 18.2 Å². The molecule has 2 N–H and O–H groups in total. The van der Waals surface area contributed by atoms with Gasteiger partial charge in [-0.05, 0) is 49.1 Å². The fourth-order valence-corrected chi connectivity index (χ4v) is 4.70. The van der Waals surface area contributed by atoms with E-state index in [4.69, 9.17) is 0 Å². The largest absolute Gasteiger partial charge is 0.507 e. The van der Waals surface area contributed by atoms with E-state index in [1.165, 1.54) is 35.1 Å². The van der Waals surface area contributed by atoms with Crippen molar-refractivity contribution < 1.29 is 33.0 Å². The smallest absolute Gasteiger partial charge is 0.473 e. The van der Waals surface area contributed by atoms with Crippen LogP contribution in [0.4, 0.5) is 13.2 Å². The van der Waals surface area contributed by atoms with Crippen molar-refractivity contribution in [1.29, 1.82) is 0 Å². The molecule has 0 aliphatic carbocycles. The van der Waals surface area contributed by atoms with Crippen LogP contribution in [-0.4, -0.2) is 37.2 Å². The van der Waals surface area contributed by atoms with E-state index in [2.05, 4.69) is 4.99 Å². The Kier molecular flexibility index (Phi) is 7.75. The van der Waals surface area contributed by atoms with Gasteiger partial charge in [0.1, 0.15) is 5.75 Å². The van der Waals surface area contributed by atoms with Crippen molar-refractivity contribution in [2.45, 2.75) is 64.9 Å². The van der Waals surface area contributed by atoms with Crippen molar-refractivity contribution in [3.63, 3.8) is 0 Å². The van der Waals surface area contributed by atoms with E-state index >= 15 is 0 Å². The molecule has 0 aliphatic rings. The average molecular weight is 568 g/mol. The Morgan fingerprint density at radius 3 is 1.90 bits per heavy atom. The SMILES string of the molecule is CC(C)(C)c1cc(C(=O)Cn2c(=NC(=O)C(F)(F)F)n(Cc3ccccc3)c3ccccc32)cc(C(C)(C)O)c1O. The predicted molar refractivity (Wildman–Crippen MR) is 148 cm³/mol. The number of rotatable bonds is 6. The van der Waals surface area contributed by atoms with Gasteiger partial charge in [-0.15, -0.1) is 0 Å². The number of aliphatic hydroxyl groups is 1. The predicted octanol–water partition coefficient (Wildman–Crippen LogP) is 5.59. The molecule has 3 aromatic carbocycles. The minimum Gasteiger partial charge on any atom is -0.507 e. The Morgan fingerprint density at radius 2 is 1.37 bits per heavy atom. The van der Waals surface area contributed by atoms with Gasteiger partial charge >= 0.3 is 12.1 Å². The van der Waals surface area contributed by atoms with Crippen LogP contribution in [0.15, 0.2) is 71.7 Å². The van der Waals surface area contributed by atoms with Gasteiger partial charge in [0, 0.05) is 16.7 Å². The van der Waals surface area contributed by atoms with Gasteiger partial charge in [-0.25, -0.2) is 0 Å². The van der Waals surface area contributed by atoms with Crippen LogP contribution in [0.3, 0.4) is 0 Å². The summed E-state index contributed by atoms with van der Waals surface area (Å²) in [6, 6.07) is 18.6. The highest BCUT2D eigenvalue weighted by Crippen LogP contribution is 2.39. The Labute approximate surface area is 235 Å². The number of nitrogens with zero attached hydrogens (tertiary/aromatic N) is 3. The highest BCUT2D eigenvalue weighted by molar-refractivity contribution is 5.97. The average Bonchev–Trinajstić information content (AvgIpc) is 3.14. The first-order chi connectivity index (χ1) is 19.0. The third kappa shape index (κ3) is 6.27. The molecule has 4 aromatic rings. The molecule has 7 nitrogen and oxygen atoms in total. The van der Waals surface area contributed by atoms with Crippen LogP contribution < -0.4 is 5.62 Å². The number of ketones is 1. The number of amides is 1. The Hall–Kier alpha value is -4.18. The third-order valence-electron chi connectivity index (χ3n) is 6.77.